The van der Waals surface area contributed by atoms with Gasteiger partial charge in [-0.2, -0.15) is 21.6 Å². The molecule has 23 heavy (non-hydrogen) atoms. The van der Waals surface area contributed by atoms with Gasteiger partial charge < -0.3 is 0 Å². The second kappa shape index (κ2) is 6.45. The van der Waals surface area contributed by atoms with E-state index in [1.165, 1.54) is 18.2 Å². The third-order valence-corrected chi connectivity index (χ3v) is 4.11. The van der Waals surface area contributed by atoms with Gasteiger partial charge >= 0.3 is 15.5 Å². The van der Waals surface area contributed by atoms with Crippen LogP contribution in [0.4, 0.5) is 18.9 Å². The van der Waals surface area contributed by atoms with Crippen LogP contribution in [0.3, 0.4) is 0 Å². The molecular formula is C16H14F3NO2S. The molecule has 0 spiro atoms. The molecule has 0 heterocycles. The highest BCUT2D eigenvalue weighted by Crippen LogP contribution is 2.27. The second-order valence-corrected chi connectivity index (χ2v) is 6.56. The van der Waals surface area contributed by atoms with Crippen LogP contribution >= 0.6 is 0 Å². The zero-order valence-electron chi connectivity index (χ0n) is 12.1. The van der Waals surface area contributed by atoms with E-state index in [1.54, 1.807) is 22.9 Å². The number of para-hydroxylation sites is 1. The van der Waals surface area contributed by atoms with Gasteiger partial charge in [-0.1, -0.05) is 60.2 Å². The van der Waals surface area contributed by atoms with E-state index < -0.39 is 15.5 Å². The van der Waals surface area contributed by atoms with Crippen molar-refractivity contribution in [3.8, 4) is 0 Å². The largest absolute Gasteiger partial charge is 0.516 e. The average Bonchev–Trinajstić information content (AvgIpc) is 2.45. The Morgan fingerprint density at radius 1 is 1.00 bits per heavy atom. The fraction of sp³-hybridized carbons (Fsp3) is 0.125. The minimum Gasteiger partial charge on any atom is -0.275 e. The molecule has 2 aromatic rings. The van der Waals surface area contributed by atoms with Crippen molar-refractivity contribution in [2.24, 2.45) is 0 Å². The van der Waals surface area contributed by atoms with Crippen molar-refractivity contribution in [3.63, 3.8) is 0 Å². The summed E-state index contributed by atoms with van der Waals surface area (Å²) >= 11 is 0. The van der Waals surface area contributed by atoms with E-state index in [0.29, 0.717) is 5.56 Å². The van der Waals surface area contributed by atoms with Crippen molar-refractivity contribution in [2.75, 3.05) is 4.72 Å². The molecule has 0 fully saturated rings. The molecule has 0 atom stereocenters. The fourth-order valence-electron chi connectivity index (χ4n) is 1.90. The molecule has 0 saturated heterocycles. The van der Waals surface area contributed by atoms with E-state index in [1.807, 2.05) is 31.2 Å². The molecular weight excluding hydrogens is 327 g/mol. The zero-order valence-corrected chi connectivity index (χ0v) is 12.9. The van der Waals surface area contributed by atoms with Gasteiger partial charge in [0.15, 0.2) is 0 Å². The van der Waals surface area contributed by atoms with Crippen LogP contribution < -0.4 is 4.72 Å². The lowest BCUT2D eigenvalue weighted by atomic mass is 10.1. The van der Waals surface area contributed by atoms with Crippen LogP contribution in [-0.4, -0.2) is 13.9 Å². The molecule has 2 rings (SSSR count). The number of hydrogen-bond acceptors (Lipinski definition) is 2. The number of aryl methyl sites for hydroxylation is 1. The lowest BCUT2D eigenvalue weighted by Gasteiger charge is -2.12. The number of alkyl halides is 3. The van der Waals surface area contributed by atoms with Crippen molar-refractivity contribution in [1.29, 1.82) is 0 Å². The molecule has 0 aliphatic heterocycles. The van der Waals surface area contributed by atoms with Gasteiger partial charge in [0.05, 0.1) is 5.69 Å². The molecule has 0 saturated carbocycles. The van der Waals surface area contributed by atoms with Crippen molar-refractivity contribution < 1.29 is 21.6 Å². The first-order valence-electron chi connectivity index (χ1n) is 6.62. The Morgan fingerprint density at radius 2 is 1.70 bits per heavy atom. The van der Waals surface area contributed by atoms with Gasteiger partial charge in [0.1, 0.15) is 0 Å². The topological polar surface area (TPSA) is 46.2 Å². The summed E-state index contributed by atoms with van der Waals surface area (Å²) in [6, 6.07) is 13.4. The van der Waals surface area contributed by atoms with Crippen LogP contribution in [0, 0.1) is 6.92 Å². The molecule has 0 bridgehead atoms. The molecule has 122 valence electrons. The Morgan fingerprint density at radius 3 is 2.35 bits per heavy atom. The summed E-state index contributed by atoms with van der Waals surface area (Å²) in [6.45, 7) is 1.92. The highest BCUT2D eigenvalue weighted by molar-refractivity contribution is 7.93. The maximum Gasteiger partial charge on any atom is 0.516 e. The first kappa shape index (κ1) is 17.1. The maximum absolute atomic E-state index is 12.5. The normalized spacial score (nSPS) is 12.5. The number of nitrogens with one attached hydrogen (secondary N) is 1. The third-order valence-electron chi connectivity index (χ3n) is 3.01. The summed E-state index contributed by atoms with van der Waals surface area (Å²) in [7, 11) is -5.45. The Labute approximate surface area is 132 Å². The minimum absolute atomic E-state index is 0.131. The summed E-state index contributed by atoms with van der Waals surface area (Å²) in [6.07, 6.45) is 3.26. The third kappa shape index (κ3) is 4.35. The molecule has 2 aromatic carbocycles. The maximum atomic E-state index is 12.5. The smallest absolute Gasteiger partial charge is 0.275 e. The van der Waals surface area contributed by atoms with E-state index >= 15 is 0 Å². The molecule has 0 aliphatic rings. The first-order valence-corrected chi connectivity index (χ1v) is 8.10. The SMILES string of the molecule is Cc1cccc(/C=C/c2ccccc2NS(=O)(=O)C(F)(F)F)c1. The number of hydrogen-bond donors (Lipinski definition) is 1. The van der Waals surface area contributed by atoms with Crippen molar-refractivity contribution in [1.82, 2.24) is 0 Å². The lowest BCUT2D eigenvalue weighted by Crippen LogP contribution is -2.30. The van der Waals surface area contributed by atoms with Crippen molar-refractivity contribution >= 4 is 27.9 Å². The molecule has 0 aromatic heterocycles. The monoisotopic (exact) mass is 341 g/mol. The van der Waals surface area contributed by atoms with Crippen LogP contribution in [0.5, 0.6) is 0 Å². The van der Waals surface area contributed by atoms with Gasteiger partial charge in [-0.05, 0) is 24.1 Å². The lowest BCUT2D eigenvalue weighted by molar-refractivity contribution is -0.0429. The standard InChI is InChI=1S/C16H14F3NO2S/c1-12-5-4-6-13(11-12)9-10-14-7-2-3-8-15(14)20-23(21,22)16(17,18)19/h2-11,20H,1H3/b10-9+. The Balaban J connectivity index is 2.32. The summed E-state index contributed by atoms with van der Waals surface area (Å²) in [5, 5.41) is 0. The van der Waals surface area contributed by atoms with Gasteiger partial charge in [0.25, 0.3) is 0 Å². The van der Waals surface area contributed by atoms with Crippen LogP contribution in [0.1, 0.15) is 16.7 Å². The van der Waals surface area contributed by atoms with Crippen LogP contribution in [-0.2, 0) is 10.0 Å². The molecule has 0 unspecified atom stereocenters. The number of sulfonamides is 1. The first-order chi connectivity index (χ1) is 10.7. The van der Waals surface area contributed by atoms with Gasteiger partial charge in [0.2, 0.25) is 0 Å². The number of halogens is 3. The zero-order chi connectivity index (χ0) is 17.1. The van der Waals surface area contributed by atoms with Crippen molar-refractivity contribution in [2.45, 2.75) is 12.4 Å². The highest BCUT2D eigenvalue weighted by Gasteiger charge is 2.46. The van der Waals surface area contributed by atoms with E-state index in [0.717, 1.165) is 11.1 Å². The minimum atomic E-state index is -5.45. The van der Waals surface area contributed by atoms with E-state index in [2.05, 4.69) is 0 Å². The predicted octanol–water partition coefficient (Wildman–Crippen LogP) is 4.43. The predicted molar refractivity (Wildman–Crippen MR) is 85.1 cm³/mol. The molecule has 0 amide bonds. The second-order valence-electron chi connectivity index (χ2n) is 4.89. The van der Waals surface area contributed by atoms with Gasteiger partial charge in [-0.3, -0.25) is 4.72 Å². The number of rotatable bonds is 4. The van der Waals surface area contributed by atoms with Crippen molar-refractivity contribution in [3.05, 3.63) is 65.2 Å². The van der Waals surface area contributed by atoms with Crippen LogP contribution in [0.15, 0.2) is 48.5 Å². The molecule has 1 N–H and O–H groups in total. The Kier molecular flexibility index (Phi) is 4.79. The van der Waals surface area contributed by atoms with E-state index in [9.17, 15) is 21.6 Å². The molecule has 0 aliphatic carbocycles. The molecule has 7 heteroatoms. The van der Waals surface area contributed by atoms with E-state index in [4.69, 9.17) is 0 Å². The van der Waals surface area contributed by atoms with Gasteiger partial charge in [0, 0.05) is 0 Å². The fourth-order valence-corrected chi connectivity index (χ4v) is 2.49. The van der Waals surface area contributed by atoms with Crippen LogP contribution in [0.25, 0.3) is 12.2 Å². The number of benzene rings is 2. The van der Waals surface area contributed by atoms with Gasteiger partial charge in [-0.25, -0.2) is 0 Å². The van der Waals surface area contributed by atoms with Gasteiger partial charge in [-0.15, -0.1) is 0 Å². The summed E-state index contributed by atoms with van der Waals surface area (Å²) in [4.78, 5) is 0. The summed E-state index contributed by atoms with van der Waals surface area (Å²) in [5.74, 6) is 0. The Bertz CT molecular complexity index is 827. The summed E-state index contributed by atoms with van der Waals surface area (Å²) < 4.78 is 61.5. The average molecular weight is 341 g/mol. The highest BCUT2D eigenvalue weighted by atomic mass is 32.2. The molecule has 0 radical (unpaired) electrons. The molecule has 3 nitrogen and oxygen atoms in total. The van der Waals surface area contributed by atoms with Crippen LogP contribution in [0.2, 0.25) is 0 Å². The summed E-state index contributed by atoms with van der Waals surface area (Å²) in [5.41, 5.74) is -3.26. The van der Waals surface area contributed by atoms with E-state index in [-0.39, 0.29) is 5.69 Å². The number of anilines is 1. The Hall–Kier alpha value is -2.28. The quantitative estimate of drug-likeness (QED) is 0.837.